The number of nitrogens with zero attached hydrogens (tertiary/aromatic N) is 2. The molecule has 2 aromatic rings. The Kier molecular flexibility index (Phi) is 7.95. The van der Waals surface area contributed by atoms with Crippen LogP contribution in [0, 0.1) is 0 Å². The van der Waals surface area contributed by atoms with Gasteiger partial charge in [-0.05, 0) is 73.0 Å². The minimum Gasteiger partial charge on any atom is -0.490 e. The van der Waals surface area contributed by atoms with Gasteiger partial charge in [0.15, 0.2) is 11.5 Å². The second-order valence-corrected chi connectivity index (χ2v) is 9.82. The molecule has 2 aromatic carbocycles. The molecule has 0 bridgehead atoms. The number of thioether (sulfide) groups is 1. The number of carbonyl (C=O) groups is 3. The number of benzene rings is 2. The maximum atomic E-state index is 12.8. The van der Waals surface area contributed by atoms with E-state index in [1.165, 1.54) is 0 Å². The summed E-state index contributed by atoms with van der Waals surface area (Å²) in [6, 6.07) is 13.2. The number of halogens is 1. The van der Waals surface area contributed by atoms with Crippen molar-refractivity contribution in [1.82, 2.24) is 9.80 Å². The van der Waals surface area contributed by atoms with Crippen LogP contribution in [0.25, 0.3) is 6.08 Å². The Bertz CT molecular complexity index is 1110. The molecule has 2 heterocycles. The van der Waals surface area contributed by atoms with Crippen LogP contribution >= 0.6 is 27.7 Å². The molecule has 0 unspecified atom stereocenters. The van der Waals surface area contributed by atoms with Crippen LogP contribution in [0.15, 0.2) is 51.8 Å². The van der Waals surface area contributed by atoms with E-state index in [-0.39, 0.29) is 17.4 Å². The first-order chi connectivity index (χ1) is 16.4. The second-order valence-electron chi connectivity index (χ2n) is 7.91. The molecule has 2 aliphatic rings. The number of hydrogen-bond donors (Lipinski definition) is 0. The monoisotopic (exact) mass is 544 g/mol. The van der Waals surface area contributed by atoms with Crippen molar-refractivity contribution in [2.24, 2.45) is 0 Å². The minimum absolute atomic E-state index is 0.188. The first-order valence-electron chi connectivity index (χ1n) is 11.1. The number of likely N-dealkylation sites (tertiary alicyclic amines) is 1. The molecule has 0 aromatic heterocycles. The summed E-state index contributed by atoms with van der Waals surface area (Å²) in [5.41, 5.74) is 1.72. The van der Waals surface area contributed by atoms with E-state index in [0.29, 0.717) is 43.4 Å². The SMILES string of the molecule is CCOc1cc(/C=C2\SC(=O)N(CC(=O)N3CCCC3)C2=O)ccc1OCc1ccc(Br)cc1. The van der Waals surface area contributed by atoms with Gasteiger partial charge in [0.25, 0.3) is 11.1 Å². The molecule has 2 saturated heterocycles. The third-order valence-electron chi connectivity index (χ3n) is 5.50. The zero-order valence-electron chi connectivity index (χ0n) is 18.8. The lowest BCUT2D eigenvalue weighted by Gasteiger charge is -2.18. The Labute approximate surface area is 211 Å². The molecule has 4 rings (SSSR count). The Balaban J connectivity index is 1.46. The highest BCUT2D eigenvalue weighted by Crippen LogP contribution is 2.35. The smallest absolute Gasteiger partial charge is 0.294 e. The highest BCUT2D eigenvalue weighted by molar-refractivity contribution is 9.10. The van der Waals surface area contributed by atoms with Gasteiger partial charge in [-0.3, -0.25) is 19.3 Å². The molecule has 2 aliphatic heterocycles. The van der Waals surface area contributed by atoms with E-state index in [1.54, 1.807) is 23.1 Å². The highest BCUT2D eigenvalue weighted by atomic mass is 79.9. The van der Waals surface area contributed by atoms with E-state index in [2.05, 4.69) is 15.9 Å². The molecule has 3 amide bonds. The Morgan fingerprint density at radius 2 is 1.79 bits per heavy atom. The van der Waals surface area contributed by atoms with E-state index < -0.39 is 11.1 Å². The Morgan fingerprint density at radius 1 is 1.06 bits per heavy atom. The fraction of sp³-hybridized carbons (Fsp3) is 0.320. The van der Waals surface area contributed by atoms with E-state index >= 15 is 0 Å². The molecule has 178 valence electrons. The van der Waals surface area contributed by atoms with Crippen molar-refractivity contribution in [3.63, 3.8) is 0 Å². The van der Waals surface area contributed by atoms with E-state index in [1.807, 2.05) is 37.3 Å². The molecule has 7 nitrogen and oxygen atoms in total. The summed E-state index contributed by atoms with van der Waals surface area (Å²) >= 11 is 4.27. The average molecular weight is 545 g/mol. The van der Waals surface area contributed by atoms with Gasteiger partial charge in [-0.15, -0.1) is 0 Å². The Hall–Kier alpha value is -2.78. The molecule has 0 saturated carbocycles. The average Bonchev–Trinajstić information content (AvgIpc) is 3.45. The fourth-order valence-electron chi connectivity index (χ4n) is 3.73. The van der Waals surface area contributed by atoms with Crippen LogP contribution < -0.4 is 9.47 Å². The highest BCUT2D eigenvalue weighted by Gasteiger charge is 2.37. The van der Waals surface area contributed by atoms with Gasteiger partial charge in [-0.2, -0.15) is 0 Å². The second kappa shape index (κ2) is 11.1. The molecule has 0 radical (unpaired) electrons. The largest absolute Gasteiger partial charge is 0.490 e. The van der Waals surface area contributed by atoms with Crippen molar-refractivity contribution in [3.8, 4) is 11.5 Å². The normalized spacial score (nSPS) is 17.1. The number of imide groups is 1. The van der Waals surface area contributed by atoms with Crippen LogP contribution in [0.3, 0.4) is 0 Å². The zero-order chi connectivity index (χ0) is 24.1. The summed E-state index contributed by atoms with van der Waals surface area (Å²) in [6.45, 7) is 3.87. The number of amides is 3. The van der Waals surface area contributed by atoms with Gasteiger partial charge in [0.2, 0.25) is 5.91 Å². The summed E-state index contributed by atoms with van der Waals surface area (Å²) in [6.07, 6.45) is 3.56. The van der Waals surface area contributed by atoms with Crippen LogP contribution in [0.4, 0.5) is 4.79 Å². The molecule has 0 N–H and O–H groups in total. The molecule has 0 atom stereocenters. The number of rotatable bonds is 8. The van der Waals surface area contributed by atoms with Crippen molar-refractivity contribution < 1.29 is 23.9 Å². The van der Waals surface area contributed by atoms with Crippen molar-refractivity contribution in [1.29, 1.82) is 0 Å². The quantitative estimate of drug-likeness (QED) is 0.431. The van der Waals surface area contributed by atoms with E-state index in [4.69, 9.17) is 9.47 Å². The lowest BCUT2D eigenvalue weighted by Crippen LogP contribution is -2.40. The lowest BCUT2D eigenvalue weighted by molar-refractivity contribution is -0.135. The lowest BCUT2D eigenvalue weighted by atomic mass is 10.1. The number of carbonyl (C=O) groups excluding carboxylic acids is 3. The maximum Gasteiger partial charge on any atom is 0.294 e. The van der Waals surface area contributed by atoms with Crippen molar-refractivity contribution >= 4 is 50.8 Å². The first kappa shape index (κ1) is 24.3. The molecule has 9 heteroatoms. The topological polar surface area (TPSA) is 76.2 Å². The minimum atomic E-state index is -0.448. The number of hydrogen-bond acceptors (Lipinski definition) is 6. The third-order valence-corrected chi connectivity index (χ3v) is 6.93. The van der Waals surface area contributed by atoms with Crippen LogP contribution in [-0.4, -0.2) is 53.1 Å². The van der Waals surface area contributed by atoms with Crippen molar-refractivity contribution in [2.45, 2.75) is 26.4 Å². The first-order valence-corrected chi connectivity index (χ1v) is 12.7. The summed E-state index contributed by atoms with van der Waals surface area (Å²) in [4.78, 5) is 40.6. The van der Waals surface area contributed by atoms with Crippen LogP contribution in [0.1, 0.15) is 30.9 Å². The van der Waals surface area contributed by atoms with E-state index in [0.717, 1.165) is 39.5 Å². The fourth-order valence-corrected chi connectivity index (χ4v) is 4.84. The molecule has 34 heavy (non-hydrogen) atoms. The standard InChI is InChI=1S/C25H25BrN2O5S/c1-2-32-21-13-18(7-10-20(21)33-16-17-5-8-19(26)9-6-17)14-22-24(30)28(25(31)34-22)15-23(29)27-11-3-4-12-27/h5-10,13-14H,2-4,11-12,15-16H2,1H3/b22-14-. The molecule has 2 fully saturated rings. The van der Waals surface area contributed by atoms with Gasteiger partial charge in [-0.25, -0.2) is 0 Å². The maximum absolute atomic E-state index is 12.8. The predicted molar refractivity (Wildman–Crippen MR) is 135 cm³/mol. The van der Waals surface area contributed by atoms with Crippen molar-refractivity contribution in [3.05, 3.63) is 63.0 Å². The van der Waals surface area contributed by atoms with Gasteiger partial charge >= 0.3 is 0 Å². The van der Waals surface area contributed by atoms with Gasteiger partial charge in [0, 0.05) is 17.6 Å². The molecular weight excluding hydrogens is 520 g/mol. The van der Waals surface area contributed by atoms with Crippen LogP contribution in [-0.2, 0) is 16.2 Å². The Morgan fingerprint density at radius 3 is 2.50 bits per heavy atom. The summed E-state index contributed by atoms with van der Waals surface area (Å²) in [7, 11) is 0. The van der Waals surface area contributed by atoms with Crippen LogP contribution in [0.2, 0.25) is 0 Å². The summed E-state index contributed by atoms with van der Waals surface area (Å²) in [5.74, 6) is 0.506. The molecule has 0 spiro atoms. The third kappa shape index (κ3) is 5.82. The van der Waals surface area contributed by atoms with Gasteiger partial charge in [0.1, 0.15) is 13.2 Å². The predicted octanol–water partition coefficient (Wildman–Crippen LogP) is 5.09. The van der Waals surface area contributed by atoms with Gasteiger partial charge in [-0.1, -0.05) is 34.1 Å². The van der Waals surface area contributed by atoms with Crippen LogP contribution in [0.5, 0.6) is 11.5 Å². The molecule has 0 aliphatic carbocycles. The van der Waals surface area contributed by atoms with Crippen molar-refractivity contribution in [2.75, 3.05) is 26.2 Å². The van der Waals surface area contributed by atoms with Gasteiger partial charge in [0.05, 0.1) is 11.5 Å². The summed E-state index contributed by atoms with van der Waals surface area (Å²) in [5, 5.41) is -0.428. The van der Waals surface area contributed by atoms with Gasteiger partial charge < -0.3 is 14.4 Å². The van der Waals surface area contributed by atoms with E-state index in [9.17, 15) is 14.4 Å². The summed E-state index contributed by atoms with van der Waals surface area (Å²) < 4.78 is 12.7. The molecular formula is C25H25BrN2O5S. The number of ether oxygens (including phenoxy) is 2. The zero-order valence-corrected chi connectivity index (χ0v) is 21.2.